The van der Waals surface area contributed by atoms with Crippen LogP contribution in [0.4, 0.5) is 0 Å². The van der Waals surface area contributed by atoms with Gasteiger partial charge in [-0.05, 0) is 67.7 Å². The Hall–Kier alpha value is -1.36. The molecule has 27 heavy (non-hydrogen) atoms. The summed E-state index contributed by atoms with van der Waals surface area (Å²) in [4.78, 5) is 0. The first kappa shape index (κ1) is 20.4. The summed E-state index contributed by atoms with van der Waals surface area (Å²) < 4.78 is 11.7. The number of aliphatic hydroxyl groups excluding tert-OH is 1. The summed E-state index contributed by atoms with van der Waals surface area (Å²) in [6.07, 6.45) is 11.6. The van der Waals surface area contributed by atoms with Gasteiger partial charge in [-0.3, -0.25) is 0 Å². The Balaban J connectivity index is 1.58. The SMILES string of the molecule is CCOC(CC(O)O)c1ccc(OCC2=CC3(CCCCC3)CCC2)cc1. The fourth-order valence-corrected chi connectivity index (χ4v) is 4.66. The molecule has 3 rings (SSSR count). The molecule has 4 nitrogen and oxygen atoms in total. The van der Waals surface area contributed by atoms with Crippen molar-refractivity contribution in [2.45, 2.75) is 77.1 Å². The Morgan fingerprint density at radius 1 is 1.00 bits per heavy atom. The average molecular weight is 375 g/mol. The Bertz CT molecular complexity index is 599. The molecule has 0 aliphatic heterocycles. The quantitative estimate of drug-likeness (QED) is 0.502. The molecule has 1 saturated carbocycles. The van der Waals surface area contributed by atoms with Crippen molar-refractivity contribution in [1.29, 1.82) is 0 Å². The summed E-state index contributed by atoms with van der Waals surface area (Å²) in [6.45, 7) is 3.11. The molecule has 4 heteroatoms. The normalized spacial score (nSPS) is 20.5. The zero-order valence-corrected chi connectivity index (χ0v) is 16.5. The maximum absolute atomic E-state index is 9.24. The van der Waals surface area contributed by atoms with E-state index in [9.17, 15) is 10.2 Å². The molecule has 1 unspecified atom stereocenters. The van der Waals surface area contributed by atoms with Crippen LogP contribution in [0.5, 0.6) is 5.75 Å². The van der Waals surface area contributed by atoms with E-state index in [0.717, 1.165) is 17.7 Å². The van der Waals surface area contributed by atoms with E-state index in [-0.39, 0.29) is 12.5 Å². The lowest BCUT2D eigenvalue weighted by molar-refractivity contribution is -0.0835. The first-order chi connectivity index (χ1) is 13.1. The Morgan fingerprint density at radius 3 is 2.37 bits per heavy atom. The van der Waals surface area contributed by atoms with Gasteiger partial charge in [0.25, 0.3) is 0 Å². The molecule has 2 aliphatic carbocycles. The van der Waals surface area contributed by atoms with Gasteiger partial charge in [0.2, 0.25) is 0 Å². The summed E-state index contributed by atoms with van der Waals surface area (Å²) in [5, 5.41) is 18.5. The van der Waals surface area contributed by atoms with Crippen molar-refractivity contribution in [2.75, 3.05) is 13.2 Å². The van der Waals surface area contributed by atoms with Gasteiger partial charge in [0.05, 0.1) is 6.10 Å². The third-order valence-electron chi connectivity index (χ3n) is 6.00. The minimum atomic E-state index is -1.37. The van der Waals surface area contributed by atoms with Gasteiger partial charge in [0, 0.05) is 13.0 Å². The first-order valence-electron chi connectivity index (χ1n) is 10.5. The van der Waals surface area contributed by atoms with Crippen molar-refractivity contribution in [3.63, 3.8) is 0 Å². The topological polar surface area (TPSA) is 58.9 Å². The highest BCUT2D eigenvalue weighted by molar-refractivity contribution is 5.29. The molecule has 0 amide bonds. The second-order valence-electron chi connectivity index (χ2n) is 8.10. The zero-order valence-electron chi connectivity index (χ0n) is 16.5. The van der Waals surface area contributed by atoms with E-state index in [1.165, 1.54) is 50.5 Å². The van der Waals surface area contributed by atoms with Crippen molar-refractivity contribution in [1.82, 2.24) is 0 Å². The van der Waals surface area contributed by atoms with E-state index in [0.29, 0.717) is 18.6 Å². The molecule has 0 saturated heterocycles. The van der Waals surface area contributed by atoms with E-state index in [1.807, 2.05) is 31.2 Å². The number of ether oxygens (including phenoxy) is 2. The largest absolute Gasteiger partial charge is 0.489 e. The highest BCUT2D eigenvalue weighted by Gasteiger charge is 2.32. The van der Waals surface area contributed by atoms with Crippen molar-refractivity contribution in [3.05, 3.63) is 41.5 Å². The van der Waals surface area contributed by atoms with Crippen LogP contribution in [0.15, 0.2) is 35.9 Å². The maximum Gasteiger partial charge on any atom is 0.154 e. The van der Waals surface area contributed by atoms with Crippen LogP contribution in [0.3, 0.4) is 0 Å². The van der Waals surface area contributed by atoms with Crippen molar-refractivity contribution in [3.8, 4) is 5.75 Å². The van der Waals surface area contributed by atoms with E-state index >= 15 is 0 Å². The molecule has 2 aliphatic rings. The lowest BCUT2D eigenvalue weighted by atomic mass is 9.67. The molecule has 1 fully saturated rings. The minimum absolute atomic E-state index is 0.170. The zero-order chi connectivity index (χ0) is 19.1. The number of hydrogen-bond acceptors (Lipinski definition) is 4. The predicted octanol–water partition coefficient (Wildman–Crippen LogP) is 4.90. The molecule has 1 aromatic rings. The van der Waals surface area contributed by atoms with Crippen LogP contribution in [-0.4, -0.2) is 29.7 Å². The van der Waals surface area contributed by atoms with Gasteiger partial charge in [-0.25, -0.2) is 0 Å². The molecular weight excluding hydrogens is 340 g/mol. The summed E-state index contributed by atoms with van der Waals surface area (Å²) in [5.74, 6) is 0.850. The summed E-state index contributed by atoms with van der Waals surface area (Å²) in [6, 6.07) is 7.81. The number of rotatable bonds is 8. The van der Waals surface area contributed by atoms with E-state index in [4.69, 9.17) is 9.47 Å². The summed E-state index contributed by atoms with van der Waals surface area (Å²) in [5.41, 5.74) is 2.84. The van der Waals surface area contributed by atoms with E-state index < -0.39 is 6.29 Å². The van der Waals surface area contributed by atoms with Crippen molar-refractivity contribution >= 4 is 0 Å². The lowest BCUT2D eigenvalue weighted by Gasteiger charge is -2.38. The lowest BCUT2D eigenvalue weighted by Crippen LogP contribution is -2.25. The van der Waals surface area contributed by atoms with Crippen molar-refractivity contribution in [2.24, 2.45) is 5.41 Å². The number of allylic oxidation sites excluding steroid dienone is 1. The predicted molar refractivity (Wildman–Crippen MR) is 107 cm³/mol. The average Bonchev–Trinajstić information content (AvgIpc) is 2.67. The Morgan fingerprint density at radius 2 is 1.70 bits per heavy atom. The highest BCUT2D eigenvalue weighted by Crippen LogP contribution is 2.45. The van der Waals surface area contributed by atoms with Gasteiger partial charge >= 0.3 is 0 Å². The number of hydrogen-bond donors (Lipinski definition) is 2. The Kier molecular flexibility index (Phi) is 7.33. The second-order valence-corrected chi connectivity index (χ2v) is 8.10. The highest BCUT2D eigenvalue weighted by atomic mass is 16.5. The molecular formula is C23H34O4. The van der Waals surface area contributed by atoms with E-state index in [1.54, 1.807) is 0 Å². The summed E-state index contributed by atoms with van der Waals surface area (Å²) in [7, 11) is 0. The molecule has 2 N–H and O–H groups in total. The minimum Gasteiger partial charge on any atom is -0.489 e. The van der Waals surface area contributed by atoms with Crippen LogP contribution in [0.25, 0.3) is 0 Å². The fraction of sp³-hybridized carbons (Fsp3) is 0.652. The molecule has 1 atom stereocenters. The third kappa shape index (κ3) is 5.81. The number of benzene rings is 1. The molecule has 0 bridgehead atoms. The monoisotopic (exact) mass is 374 g/mol. The molecule has 0 radical (unpaired) electrons. The van der Waals surface area contributed by atoms with Crippen molar-refractivity contribution < 1.29 is 19.7 Å². The summed E-state index contributed by atoms with van der Waals surface area (Å²) >= 11 is 0. The van der Waals surface area contributed by atoms with Gasteiger partial charge < -0.3 is 19.7 Å². The molecule has 0 heterocycles. The van der Waals surface area contributed by atoms with Gasteiger partial charge in [0.15, 0.2) is 6.29 Å². The molecule has 0 aromatic heterocycles. The maximum atomic E-state index is 9.24. The molecule has 150 valence electrons. The fourth-order valence-electron chi connectivity index (χ4n) is 4.66. The molecule has 1 spiro atoms. The van der Waals surface area contributed by atoms with Crippen LogP contribution in [0.1, 0.15) is 76.4 Å². The third-order valence-corrected chi connectivity index (χ3v) is 6.00. The van der Waals surface area contributed by atoms with Crippen LogP contribution in [0.2, 0.25) is 0 Å². The number of aliphatic hydroxyl groups is 2. The standard InChI is InChI=1S/C23H34O4/c1-2-26-21(15-22(24)25)19-8-10-20(11-9-19)27-17-18-7-6-14-23(16-18)12-4-3-5-13-23/h8-11,16,21-22,24-25H,2-7,12-15,17H2,1H3. The van der Waals surface area contributed by atoms with Crippen LogP contribution in [-0.2, 0) is 4.74 Å². The first-order valence-corrected chi connectivity index (χ1v) is 10.5. The van der Waals surface area contributed by atoms with Gasteiger partial charge in [-0.1, -0.05) is 37.5 Å². The van der Waals surface area contributed by atoms with Gasteiger partial charge in [-0.15, -0.1) is 0 Å². The van der Waals surface area contributed by atoms with Crippen LogP contribution >= 0.6 is 0 Å². The van der Waals surface area contributed by atoms with Crippen LogP contribution in [0, 0.1) is 5.41 Å². The van der Waals surface area contributed by atoms with Gasteiger partial charge in [0.1, 0.15) is 12.4 Å². The Labute approximate surface area is 163 Å². The van der Waals surface area contributed by atoms with Gasteiger partial charge in [-0.2, -0.15) is 0 Å². The van der Waals surface area contributed by atoms with Crippen LogP contribution < -0.4 is 4.74 Å². The molecule has 1 aromatic carbocycles. The second kappa shape index (κ2) is 9.72. The van der Waals surface area contributed by atoms with E-state index in [2.05, 4.69) is 6.08 Å². The smallest absolute Gasteiger partial charge is 0.154 e.